The van der Waals surface area contributed by atoms with Crippen molar-refractivity contribution in [3.8, 4) is 0 Å². The molecule has 2 aromatic rings. The van der Waals surface area contributed by atoms with Gasteiger partial charge in [0.2, 0.25) is 0 Å². The van der Waals surface area contributed by atoms with Crippen molar-refractivity contribution >= 4 is 29.0 Å². The van der Waals surface area contributed by atoms with Gasteiger partial charge in [-0.1, -0.05) is 31.0 Å². The Bertz CT molecular complexity index is 854. The summed E-state index contributed by atoms with van der Waals surface area (Å²) >= 11 is 1.75. The van der Waals surface area contributed by atoms with Crippen LogP contribution in [0.2, 0.25) is 0 Å². The van der Waals surface area contributed by atoms with Crippen LogP contribution in [0.5, 0.6) is 0 Å². The van der Waals surface area contributed by atoms with Crippen LogP contribution < -0.4 is 0 Å². The van der Waals surface area contributed by atoms with Crippen molar-refractivity contribution in [3.05, 3.63) is 70.5 Å². The van der Waals surface area contributed by atoms with E-state index in [1.54, 1.807) is 23.9 Å². The number of halogens is 1. The maximum atomic E-state index is 13.9. The summed E-state index contributed by atoms with van der Waals surface area (Å²) in [5.74, 6) is 0.755. The molecule has 0 spiro atoms. The van der Waals surface area contributed by atoms with E-state index < -0.39 is 0 Å². The molecule has 1 saturated carbocycles. The first-order valence-corrected chi connectivity index (χ1v) is 10.2. The molecule has 0 heterocycles. The zero-order chi connectivity index (χ0) is 17.4. The van der Waals surface area contributed by atoms with Crippen LogP contribution in [0.3, 0.4) is 0 Å². The van der Waals surface area contributed by atoms with Crippen molar-refractivity contribution in [2.75, 3.05) is 6.26 Å². The van der Waals surface area contributed by atoms with Crippen molar-refractivity contribution in [2.24, 2.45) is 5.92 Å². The standard InChI is InChI=1S/C23H23FS/c1-15-20(11-7-16-3-4-16)23-14-18(24)8-12-21(23)22(15)13-17-5-9-19(25-2)10-6-17/h5-6,8-10,12-14,16H,3-4,7,11H2,1-2H3/b22-13-. The predicted octanol–water partition coefficient (Wildman–Crippen LogP) is 7.07. The van der Waals surface area contributed by atoms with Crippen molar-refractivity contribution in [1.29, 1.82) is 0 Å². The summed E-state index contributed by atoms with van der Waals surface area (Å²) in [4.78, 5) is 1.27. The van der Waals surface area contributed by atoms with Crippen LogP contribution in [0, 0.1) is 11.7 Å². The molecule has 0 saturated heterocycles. The van der Waals surface area contributed by atoms with Gasteiger partial charge in [0.25, 0.3) is 0 Å². The van der Waals surface area contributed by atoms with Crippen LogP contribution >= 0.6 is 11.8 Å². The molecule has 0 radical (unpaired) electrons. The number of benzene rings is 2. The quantitative estimate of drug-likeness (QED) is 0.520. The zero-order valence-corrected chi connectivity index (χ0v) is 15.6. The highest BCUT2D eigenvalue weighted by Gasteiger charge is 2.27. The third-order valence-corrected chi connectivity index (χ3v) is 6.12. The molecule has 0 atom stereocenters. The Kier molecular flexibility index (Phi) is 4.56. The first-order valence-electron chi connectivity index (χ1n) is 9.02. The summed E-state index contributed by atoms with van der Waals surface area (Å²) in [6.07, 6.45) is 9.38. The van der Waals surface area contributed by atoms with Gasteiger partial charge in [-0.05, 0) is 95.7 Å². The van der Waals surface area contributed by atoms with E-state index in [9.17, 15) is 4.39 Å². The highest BCUT2D eigenvalue weighted by Crippen LogP contribution is 2.46. The molecule has 2 heteroatoms. The molecule has 25 heavy (non-hydrogen) atoms. The topological polar surface area (TPSA) is 0 Å². The molecule has 0 nitrogen and oxygen atoms in total. The molecule has 0 amide bonds. The van der Waals surface area contributed by atoms with Gasteiger partial charge in [0.15, 0.2) is 0 Å². The van der Waals surface area contributed by atoms with Gasteiger partial charge in [-0.3, -0.25) is 0 Å². The van der Waals surface area contributed by atoms with Gasteiger partial charge in [0.1, 0.15) is 5.82 Å². The Morgan fingerprint density at radius 1 is 1.08 bits per heavy atom. The van der Waals surface area contributed by atoms with Crippen LogP contribution in [0.1, 0.15) is 49.3 Å². The lowest BCUT2D eigenvalue weighted by atomic mass is 9.99. The third kappa shape index (κ3) is 3.46. The Morgan fingerprint density at radius 2 is 1.84 bits per heavy atom. The van der Waals surface area contributed by atoms with E-state index >= 15 is 0 Å². The van der Waals surface area contributed by atoms with Crippen LogP contribution in [0.25, 0.3) is 17.2 Å². The maximum absolute atomic E-state index is 13.9. The number of thioether (sulfide) groups is 1. The minimum atomic E-state index is -0.138. The normalized spacial score (nSPS) is 18.1. The predicted molar refractivity (Wildman–Crippen MR) is 107 cm³/mol. The second-order valence-corrected chi connectivity index (χ2v) is 7.99. The molecule has 0 unspecified atom stereocenters. The Labute approximate surface area is 153 Å². The highest BCUT2D eigenvalue weighted by atomic mass is 32.2. The summed E-state index contributed by atoms with van der Waals surface area (Å²) < 4.78 is 13.9. The Morgan fingerprint density at radius 3 is 2.52 bits per heavy atom. The molecule has 0 aromatic heterocycles. The van der Waals surface area contributed by atoms with Crippen LogP contribution in [0.4, 0.5) is 4.39 Å². The lowest BCUT2D eigenvalue weighted by Crippen LogP contribution is -1.88. The average Bonchev–Trinajstić information content (AvgIpc) is 3.41. The molecule has 0 bridgehead atoms. The second-order valence-electron chi connectivity index (χ2n) is 7.11. The van der Waals surface area contributed by atoms with E-state index in [-0.39, 0.29) is 5.82 Å². The summed E-state index contributed by atoms with van der Waals surface area (Å²) in [6.45, 7) is 2.20. The molecule has 128 valence electrons. The second kappa shape index (κ2) is 6.84. The number of allylic oxidation sites excluding steroid dienone is 3. The first-order chi connectivity index (χ1) is 12.2. The van der Waals surface area contributed by atoms with Gasteiger partial charge in [0, 0.05) is 4.90 Å². The zero-order valence-electron chi connectivity index (χ0n) is 14.8. The summed E-state index contributed by atoms with van der Waals surface area (Å²) in [7, 11) is 0. The molecule has 2 aliphatic rings. The van der Waals surface area contributed by atoms with Crippen molar-refractivity contribution in [1.82, 2.24) is 0 Å². The van der Waals surface area contributed by atoms with Gasteiger partial charge < -0.3 is 0 Å². The lowest BCUT2D eigenvalue weighted by molar-refractivity contribution is 0.627. The van der Waals surface area contributed by atoms with Gasteiger partial charge in [-0.2, -0.15) is 0 Å². The van der Waals surface area contributed by atoms with Crippen LogP contribution in [-0.4, -0.2) is 6.26 Å². The fourth-order valence-corrected chi connectivity index (χ4v) is 4.11. The SMILES string of the molecule is CSc1ccc(/C=C2/C(C)=C(CCC3CC3)c3cc(F)ccc32)cc1. The number of fused-ring (bicyclic) bond motifs is 1. The highest BCUT2D eigenvalue weighted by molar-refractivity contribution is 7.98. The fraction of sp³-hybridized carbons (Fsp3) is 0.304. The van der Waals surface area contributed by atoms with Crippen LogP contribution in [0.15, 0.2) is 52.9 Å². The van der Waals surface area contributed by atoms with Crippen molar-refractivity contribution in [3.63, 3.8) is 0 Å². The van der Waals surface area contributed by atoms with Gasteiger partial charge >= 0.3 is 0 Å². The number of hydrogen-bond donors (Lipinski definition) is 0. The monoisotopic (exact) mass is 350 g/mol. The number of rotatable bonds is 5. The molecule has 2 aliphatic carbocycles. The lowest BCUT2D eigenvalue weighted by Gasteiger charge is -2.06. The van der Waals surface area contributed by atoms with E-state index in [0.717, 1.165) is 17.9 Å². The fourth-order valence-electron chi connectivity index (χ4n) is 3.70. The largest absolute Gasteiger partial charge is 0.207 e. The van der Waals surface area contributed by atoms with E-state index in [1.165, 1.54) is 52.0 Å². The minimum absolute atomic E-state index is 0.138. The van der Waals surface area contributed by atoms with E-state index in [4.69, 9.17) is 0 Å². The van der Waals surface area contributed by atoms with Gasteiger partial charge in [-0.15, -0.1) is 11.8 Å². The average molecular weight is 351 g/mol. The first kappa shape index (κ1) is 16.7. The molecule has 2 aromatic carbocycles. The van der Waals surface area contributed by atoms with Crippen LogP contribution in [-0.2, 0) is 0 Å². The van der Waals surface area contributed by atoms with Crippen molar-refractivity contribution in [2.45, 2.75) is 37.5 Å². The summed E-state index contributed by atoms with van der Waals surface area (Å²) in [5.41, 5.74) is 7.39. The van der Waals surface area contributed by atoms with Crippen molar-refractivity contribution < 1.29 is 4.39 Å². The summed E-state index contributed by atoms with van der Waals surface area (Å²) in [6, 6.07) is 13.9. The molecule has 4 rings (SSSR count). The molecule has 0 N–H and O–H groups in total. The summed E-state index contributed by atoms with van der Waals surface area (Å²) in [5, 5.41) is 0. The molecule has 1 fully saturated rings. The molecular weight excluding hydrogens is 327 g/mol. The maximum Gasteiger partial charge on any atom is 0.123 e. The number of hydrogen-bond acceptors (Lipinski definition) is 1. The Balaban J connectivity index is 1.73. The molecular formula is C23H23FS. The third-order valence-electron chi connectivity index (χ3n) is 5.38. The minimum Gasteiger partial charge on any atom is -0.207 e. The van der Waals surface area contributed by atoms with E-state index in [2.05, 4.69) is 43.5 Å². The van der Waals surface area contributed by atoms with E-state index in [0.29, 0.717) is 0 Å². The van der Waals surface area contributed by atoms with E-state index in [1.807, 2.05) is 6.07 Å². The van der Waals surface area contributed by atoms with Gasteiger partial charge in [-0.25, -0.2) is 4.39 Å². The Hall–Kier alpha value is -1.80. The molecule has 0 aliphatic heterocycles. The smallest absolute Gasteiger partial charge is 0.123 e. The van der Waals surface area contributed by atoms with Gasteiger partial charge in [0.05, 0.1) is 0 Å².